The van der Waals surface area contributed by atoms with Crippen LogP contribution in [0.4, 0.5) is 10.1 Å². The Hall–Kier alpha value is -1.83. The zero-order chi connectivity index (χ0) is 14.1. The van der Waals surface area contributed by atoms with E-state index in [1.807, 2.05) is 13.0 Å². The van der Waals surface area contributed by atoms with Crippen molar-refractivity contribution < 1.29 is 4.39 Å². The highest BCUT2D eigenvalue weighted by Gasteiger charge is 2.14. The Bertz CT molecular complexity index is 633. The summed E-state index contributed by atoms with van der Waals surface area (Å²) >= 11 is 0. The van der Waals surface area contributed by atoms with E-state index in [1.165, 1.54) is 28.8 Å². The number of halogens is 1. The van der Waals surface area contributed by atoms with Gasteiger partial charge in [-0.2, -0.15) is 0 Å². The molecule has 20 heavy (non-hydrogen) atoms. The topological polar surface area (TPSA) is 12.0 Å². The van der Waals surface area contributed by atoms with Crippen LogP contribution in [-0.2, 0) is 12.8 Å². The molecule has 3 rings (SSSR count). The minimum absolute atomic E-state index is 0.158. The van der Waals surface area contributed by atoms with Crippen LogP contribution in [0.5, 0.6) is 0 Å². The maximum absolute atomic E-state index is 13.1. The molecule has 1 unspecified atom stereocenters. The number of aryl methyl sites for hydroxylation is 2. The molecule has 104 valence electrons. The predicted octanol–water partition coefficient (Wildman–Crippen LogP) is 4.47. The van der Waals surface area contributed by atoms with Crippen LogP contribution < -0.4 is 5.32 Å². The average molecular weight is 269 g/mol. The van der Waals surface area contributed by atoms with Gasteiger partial charge < -0.3 is 5.32 Å². The Balaban J connectivity index is 1.85. The lowest BCUT2D eigenvalue weighted by atomic mass is 9.94. The van der Waals surface area contributed by atoms with Gasteiger partial charge in [-0.05, 0) is 73.6 Å². The van der Waals surface area contributed by atoms with Gasteiger partial charge >= 0.3 is 0 Å². The second-order valence-electron chi connectivity index (χ2n) is 5.82. The van der Waals surface area contributed by atoms with Crippen molar-refractivity contribution in [2.24, 2.45) is 0 Å². The number of rotatable bonds is 2. The second kappa shape index (κ2) is 5.28. The molecule has 1 nitrogen and oxygen atoms in total. The van der Waals surface area contributed by atoms with Crippen molar-refractivity contribution in [3.05, 3.63) is 64.5 Å². The van der Waals surface area contributed by atoms with Crippen LogP contribution in [0.15, 0.2) is 36.4 Å². The number of benzene rings is 2. The first-order valence-electron chi connectivity index (χ1n) is 7.25. The van der Waals surface area contributed by atoms with Crippen molar-refractivity contribution >= 4 is 5.69 Å². The number of fused-ring (bicyclic) bond motifs is 1. The summed E-state index contributed by atoms with van der Waals surface area (Å²) in [4.78, 5) is 0. The molecule has 0 saturated carbocycles. The summed E-state index contributed by atoms with van der Waals surface area (Å²) in [7, 11) is 0. The molecule has 0 amide bonds. The predicted molar refractivity (Wildman–Crippen MR) is 81.8 cm³/mol. The van der Waals surface area contributed by atoms with Crippen LogP contribution >= 0.6 is 0 Å². The molecule has 1 aliphatic rings. The smallest absolute Gasteiger partial charge is 0.123 e. The van der Waals surface area contributed by atoms with Gasteiger partial charge in [0.2, 0.25) is 0 Å². The lowest BCUT2D eigenvalue weighted by Crippen LogP contribution is -2.21. The Labute approximate surface area is 119 Å². The minimum Gasteiger partial charge on any atom is -0.382 e. The second-order valence-corrected chi connectivity index (χ2v) is 5.82. The number of hydrogen-bond acceptors (Lipinski definition) is 1. The van der Waals surface area contributed by atoms with E-state index in [2.05, 4.69) is 30.4 Å². The number of anilines is 1. The minimum atomic E-state index is -0.158. The summed E-state index contributed by atoms with van der Waals surface area (Å²) in [5.41, 5.74) is 6.19. The zero-order valence-electron chi connectivity index (χ0n) is 12.0. The van der Waals surface area contributed by atoms with E-state index < -0.39 is 0 Å². The molecule has 1 heterocycles. The van der Waals surface area contributed by atoms with E-state index in [1.54, 1.807) is 12.1 Å². The van der Waals surface area contributed by atoms with Crippen molar-refractivity contribution in [2.45, 2.75) is 39.2 Å². The van der Waals surface area contributed by atoms with Crippen molar-refractivity contribution in [2.75, 3.05) is 5.32 Å². The van der Waals surface area contributed by atoms with Crippen LogP contribution in [0.3, 0.4) is 0 Å². The summed E-state index contributed by atoms with van der Waals surface area (Å²) in [6.07, 6.45) is 3.20. The normalized spacial score (nSPS) is 17.4. The molecule has 0 bridgehead atoms. The average Bonchev–Trinajstić information content (AvgIpc) is 2.42. The monoisotopic (exact) mass is 269 g/mol. The molecular weight excluding hydrogens is 249 g/mol. The number of nitrogens with one attached hydrogen (secondary N) is 1. The van der Waals surface area contributed by atoms with E-state index in [9.17, 15) is 4.39 Å². The molecule has 0 fully saturated rings. The highest BCUT2D eigenvalue weighted by molar-refractivity contribution is 5.55. The Morgan fingerprint density at radius 2 is 2.05 bits per heavy atom. The Kier molecular flexibility index (Phi) is 3.47. The summed E-state index contributed by atoms with van der Waals surface area (Å²) < 4.78 is 13.1. The third-order valence-electron chi connectivity index (χ3n) is 4.12. The van der Waals surface area contributed by atoms with Gasteiger partial charge in [0.1, 0.15) is 5.82 Å². The van der Waals surface area contributed by atoms with Crippen LogP contribution in [0, 0.1) is 12.7 Å². The standard InChI is InChI=1S/C18H20FN/c1-12-9-17(19)7-6-15(12)10-14-4-8-18-16(11-14)5-3-13(2)20-18/h4,6-9,11,13,20H,3,5,10H2,1-2H3. The van der Waals surface area contributed by atoms with Gasteiger partial charge in [0, 0.05) is 11.7 Å². The lowest BCUT2D eigenvalue weighted by Gasteiger charge is -2.24. The molecule has 0 spiro atoms. The van der Waals surface area contributed by atoms with Gasteiger partial charge in [-0.15, -0.1) is 0 Å². The summed E-state index contributed by atoms with van der Waals surface area (Å²) in [6.45, 7) is 4.19. The maximum atomic E-state index is 13.1. The van der Waals surface area contributed by atoms with E-state index in [-0.39, 0.29) is 5.82 Å². The summed E-state index contributed by atoms with van der Waals surface area (Å²) in [6, 6.07) is 12.3. The van der Waals surface area contributed by atoms with E-state index in [4.69, 9.17) is 0 Å². The van der Waals surface area contributed by atoms with E-state index in [0.29, 0.717) is 6.04 Å². The fraction of sp³-hybridized carbons (Fsp3) is 0.333. The van der Waals surface area contributed by atoms with Crippen LogP contribution in [0.2, 0.25) is 0 Å². The first-order chi connectivity index (χ1) is 9.61. The zero-order valence-corrected chi connectivity index (χ0v) is 12.0. The highest BCUT2D eigenvalue weighted by Crippen LogP contribution is 2.27. The first-order valence-corrected chi connectivity index (χ1v) is 7.25. The molecule has 2 aromatic carbocycles. The van der Waals surface area contributed by atoms with Crippen molar-refractivity contribution in [3.8, 4) is 0 Å². The largest absolute Gasteiger partial charge is 0.382 e. The van der Waals surface area contributed by atoms with Gasteiger partial charge in [0.05, 0.1) is 0 Å². The van der Waals surface area contributed by atoms with Crippen LogP contribution in [-0.4, -0.2) is 6.04 Å². The SMILES string of the molecule is Cc1cc(F)ccc1Cc1ccc2c(c1)CCC(C)N2. The first kappa shape index (κ1) is 13.2. The fourth-order valence-electron chi connectivity index (χ4n) is 2.89. The summed E-state index contributed by atoms with van der Waals surface area (Å²) in [5.74, 6) is -0.158. The van der Waals surface area contributed by atoms with Gasteiger partial charge in [0.25, 0.3) is 0 Å². The quantitative estimate of drug-likeness (QED) is 0.848. The van der Waals surface area contributed by atoms with Gasteiger partial charge in [-0.1, -0.05) is 18.2 Å². The molecule has 1 aliphatic heterocycles. The molecule has 0 aromatic heterocycles. The van der Waals surface area contributed by atoms with Crippen molar-refractivity contribution in [1.82, 2.24) is 0 Å². The molecular formula is C18H20FN. The third kappa shape index (κ3) is 2.69. The van der Waals surface area contributed by atoms with Crippen molar-refractivity contribution in [1.29, 1.82) is 0 Å². The molecule has 2 heteroatoms. The third-order valence-corrected chi connectivity index (χ3v) is 4.12. The van der Waals surface area contributed by atoms with Gasteiger partial charge in [0.15, 0.2) is 0 Å². The van der Waals surface area contributed by atoms with Gasteiger partial charge in [-0.3, -0.25) is 0 Å². The molecule has 1 atom stereocenters. The Morgan fingerprint density at radius 1 is 1.20 bits per heavy atom. The molecule has 2 aromatic rings. The van der Waals surface area contributed by atoms with Crippen LogP contribution in [0.1, 0.15) is 35.6 Å². The lowest BCUT2D eigenvalue weighted by molar-refractivity contribution is 0.626. The highest BCUT2D eigenvalue weighted by atomic mass is 19.1. The Morgan fingerprint density at radius 3 is 2.85 bits per heavy atom. The van der Waals surface area contributed by atoms with E-state index >= 15 is 0 Å². The van der Waals surface area contributed by atoms with Crippen LogP contribution in [0.25, 0.3) is 0 Å². The molecule has 0 radical (unpaired) electrons. The maximum Gasteiger partial charge on any atom is 0.123 e. The van der Waals surface area contributed by atoms with Crippen molar-refractivity contribution in [3.63, 3.8) is 0 Å². The summed E-state index contributed by atoms with van der Waals surface area (Å²) in [5, 5.41) is 3.52. The molecule has 0 aliphatic carbocycles. The molecule has 0 saturated heterocycles. The number of hydrogen-bond donors (Lipinski definition) is 1. The van der Waals surface area contributed by atoms with E-state index in [0.717, 1.165) is 18.4 Å². The van der Waals surface area contributed by atoms with Gasteiger partial charge in [-0.25, -0.2) is 4.39 Å². The molecule has 1 N–H and O–H groups in total. The fourth-order valence-corrected chi connectivity index (χ4v) is 2.89.